The Balaban J connectivity index is 1.73. The number of aryl methyl sites for hydroxylation is 3. The number of fused-ring (bicyclic) bond motifs is 1. The van der Waals surface area contributed by atoms with E-state index in [1.54, 1.807) is 6.92 Å². The van der Waals surface area contributed by atoms with E-state index >= 15 is 0 Å². The summed E-state index contributed by atoms with van der Waals surface area (Å²) < 4.78 is 1.41. The molecular weight excluding hydrogens is 394 g/mol. The molecule has 2 aromatic carbocycles. The molecule has 2 aromatic heterocycles. The third kappa shape index (κ3) is 3.66. The number of hydrogen-bond acceptors (Lipinski definition) is 4. The number of carbonyl (C=O) groups is 1. The van der Waals surface area contributed by atoms with Gasteiger partial charge in [-0.25, -0.2) is 4.98 Å². The number of hydrogen-bond donors (Lipinski definition) is 1. The number of carbonyl (C=O) groups excluding carboxylic acids is 1. The van der Waals surface area contributed by atoms with Crippen LogP contribution in [0.25, 0.3) is 21.3 Å². The van der Waals surface area contributed by atoms with Gasteiger partial charge in [-0.15, -0.1) is 11.3 Å². The molecule has 2 heterocycles. The van der Waals surface area contributed by atoms with Crippen LogP contribution in [-0.2, 0) is 4.79 Å². The third-order valence-corrected chi connectivity index (χ3v) is 6.19. The topological polar surface area (TPSA) is 64.0 Å². The predicted molar refractivity (Wildman–Crippen MR) is 123 cm³/mol. The van der Waals surface area contributed by atoms with Crippen LogP contribution in [0.2, 0.25) is 0 Å². The molecule has 0 unspecified atom stereocenters. The van der Waals surface area contributed by atoms with Crippen LogP contribution in [0.5, 0.6) is 0 Å². The fourth-order valence-corrected chi connectivity index (χ4v) is 4.44. The number of nitrogens with one attached hydrogen (secondary N) is 1. The highest BCUT2D eigenvalue weighted by Crippen LogP contribution is 2.33. The quantitative estimate of drug-likeness (QED) is 0.493. The maximum Gasteiger partial charge on any atom is 0.263 e. The molecule has 1 amide bonds. The van der Waals surface area contributed by atoms with Crippen molar-refractivity contribution in [3.05, 3.63) is 81.2 Å². The summed E-state index contributed by atoms with van der Waals surface area (Å²) in [5, 5.41) is 5.40. The second-order valence-electron chi connectivity index (χ2n) is 7.64. The molecule has 1 N–H and O–H groups in total. The number of thiophene rings is 1. The Morgan fingerprint density at radius 2 is 1.73 bits per heavy atom. The Morgan fingerprint density at radius 1 is 1.03 bits per heavy atom. The Bertz CT molecular complexity index is 1300. The largest absolute Gasteiger partial charge is 0.324 e. The normalized spacial score (nSPS) is 12.1. The molecule has 0 saturated heterocycles. The van der Waals surface area contributed by atoms with Crippen molar-refractivity contribution in [1.29, 1.82) is 0 Å². The first-order valence-electron chi connectivity index (χ1n) is 9.78. The molecule has 4 aromatic rings. The van der Waals surface area contributed by atoms with Gasteiger partial charge in [-0.2, -0.15) is 0 Å². The number of nitrogens with zero attached hydrogens (tertiary/aromatic N) is 2. The van der Waals surface area contributed by atoms with Gasteiger partial charge >= 0.3 is 0 Å². The van der Waals surface area contributed by atoms with E-state index in [2.05, 4.69) is 16.4 Å². The highest BCUT2D eigenvalue weighted by molar-refractivity contribution is 7.17. The monoisotopic (exact) mass is 417 g/mol. The third-order valence-electron chi connectivity index (χ3n) is 5.31. The van der Waals surface area contributed by atoms with Gasteiger partial charge in [-0.05, 0) is 51.0 Å². The molecule has 4 rings (SSSR count). The first-order valence-corrected chi connectivity index (χ1v) is 10.7. The molecule has 0 fully saturated rings. The van der Waals surface area contributed by atoms with Crippen molar-refractivity contribution >= 4 is 33.1 Å². The van der Waals surface area contributed by atoms with Crippen LogP contribution in [0.3, 0.4) is 0 Å². The van der Waals surface area contributed by atoms with E-state index in [0.29, 0.717) is 15.9 Å². The fourth-order valence-electron chi connectivity index (χ4n) is 3.55. The predicted octanol–water partition coefficient (Wildman–Crippen LogP) is 5.25. The Hall–Kier alpha value is -3.25. The van der Waals surface area contributed by atoms with E-state index in [1.165, 1.54) is 27.8 Å². The second kappa shape index (κ2) is 7.88. The van der Waals surface area contributed by atoms with E-state index in [0.717, 1.165) is 22.3 Å². The lowest BCUT2D eigenvalue weighted by molar-refractivity contribution is -0.118. The molecule has 0 saturated carbocycles. The Kier molecular flexibility index (Phi) is 5.26. The first kappa shape index (κ1) is 20.0. The maximum absolute atomic E-state index is 13.4. The summed E-state index contributed by atoms with van der Waals surface area (Å²) in [6, 6.07) is 13.1. The lowest BCUT2D eigenvalue weighted by atomic mass is 9.99. The van der Waals surface area contributed by atoms with Crippen LogP contribution in [0.4, 0.5) is 5.69 Å². The summed E-state index contributed by atoms with van der Waals surface area (Å²) in [6.45, 7) is 7.79. The van der Waals surface area contributed by atoms with Crippen LogP contribution < -0.4 is 10.9 Å². The van der Waals surface area contributed by atoms with Gasteiger partial charge in [0.15, 0.2) is 0 Å². The summed E-state index contributed by atoms with van der Waals surface area (Å²) in [5.41, 5.74) is 5.77. The van der Waals surface area contributed by atoms with Crippen LogP contribution >= 0.6 is 11.3 Å². The standard InChI is InChI=1S/C24H23N3O2S/c1-14-5-8-18(9-6-14)26-22(28)17(4)27-13-25-23-21(24(27)29)20(12-30-23)19-10-7-15(2)11-16(19)3/h5-13,17H,1-4H3,(H,26,28)/t17-/m0/s1. The minimum absolute atomic E-state index is 0.206. The zero-order valence-corrected chi connectivity index (χ0v) is 18.2. The molecule has 152 valence electrons. The van der Waals surface area contributed by atoms with E-state index in [9.17, 15) is 9.59 Å². The maximum atomic E-state index is 13.4. The molecule has 30 heavy (non-hydrogen) atoms. The smallest absolute Gasteiger partial charge is 0.263 e. The average molecular weight is 418 g/mol. The molecule has 0 aliphatic carbocycles. The van der Waals surface area contributed by atoms with Crippen molar-refractivity contribution < 1.29 is 4.79 Å². The van der Waals surface area contributed by atoms with Gasteiger partial charge in [0.05, 0.1) is 11.7 Å². The second-order valence-corrected chi connectivity index (χ2v) is 8.49. The zero-order chi connectivity index (χ0) is 21.4. The lowest BCUT2D eigenvalue weighted by Gasteiger charge is -2.15. The minimum atomic E-state index is -0.692. The molecule has 0 radical (unpaired) electrons. The van der Waals surface area contributed by atoms with Crippen molar-refractivity contribution in [3.63, 3.8) is 0 Å². The van der Waals surface area contributed by atoms with Gasteiger partial charge in [0.2, 0.25) is 5.91 Å². The first-order chi connectivity index (χ1) is 14.3. The van der Waals surface area contributed by atoms with Gasteiger partial charge in [0.25, 0.3) is 5.56 Å². The van der Waals surface area contributed by atoms with Crippen LogP contribution in [0, 0.1) is 20.8 Å². The average Bonchev–Trinajstić information content (AvgIpc) is 3.14. The molecule has 0 aliphatic heterocycles. The molecule has 6 heteroatoms. The lowest BCUT2D eigenvalue weighted by Crippen LogP contribution is -2.31. The number of rotatable bonds is 4. The highest BCUT2D eigenvalue weighted by Gasteiger charge is 2.21. The van der Waals surface area contributed by atoms with E-state index in [1.807, 2.05) is 62.5 Å². The molecule has 5 nitrogen and oxygen atoms in total. The van der Waals surface area contributed by atoms with Crippen molar-refractivity contribution in [2.75, 3.05) is 5.32 Å². The van der Waals surface area contributed by atoms with Gasteiger partial charge in [0.1, 0.15) is 10.9 Å². The molecule has 0 aliphatic rings. The SMILES string of the molecule is Cc1ccc(NC(=O)[C@H](C)n2cnc3scc(-c4ccc(C)cc4C)c3c2=O)cc1. The van der Waals surface area contributed by atoms with Gasteiger partial charge in [0, 0.05) is 16.6 Å². The van der Waals surface area contributed by atoms with Gasteiger partial charge in [-0.1, -0.05) is 41.5 Å². The molecule has 1 atom stereocenters. The number of aromatic nitrogens is 2. The Morgan fingerprint density at radius 3 is 2.43 bits per heavy atom. The van der Waals surface area contributed by atoms with Crippen molar-refractivity contribution in [3.8, 4) is 11.1 Å². The van der Waals surface area contributed by atoms with Crippen molar-refractivity contribution in [2.45, 2.75) is 33.7 Å². The molecule has 0 bridgehead atoms. The number of amides is 1. The number of benzene rings is 2. The van der Waals surface area contributed by atoms with E-state index < -0.39 is 6.04 Å². The Labute approximate surface area is 179 Å². The van der Waals surface area contributed by atoms with Gasteiger partial charge < -0.3 is 5.32 Å². The van der Waals surface area contributed by atoms with Crippen LogP contribution in [0.15, 0.2) is 59.0 Å². The number of anilines is 1. The summed E-state index contributed by atoms with van der Waals surface area (Å²) in [6.07, 6.45) is 1.46. The zero-order valence-electron chi connectivity index (χ0n) is 17.4. The molecule has 0 spiro atoms. The molecular formula is C24H23N3O2S. The summed E-state index contributed by atoms with van der Waals surface area (Å²) in [7, 11) is 0. The van der Waals surface area contributed by atoms with Crippen molar-refractivity contribution in [2.24, 2.45) is 0 Å². The van der Waals surface area contributed by atoms with E-state index in [4.69, 9.17) is 0 Å². The minimum Gasteiger partial charge on any atom is -0.324 e. The van der Waals surface area contributed by atoms with E-state index in [-0.39, 0.29) is 11.5 Å². The highest BCUT2D eigenvalue weighted by atomic mass is 32.1. The van der Waals surface area contributed by atoms with Gasteiger partial charge in [-0.3, -0.25) is 14.2 Å². The summed E-state index contributed by atoms with van der Waals surface area (Å²) in [4.78, 5) is 31.3. The van der Waals surface area contributed by atoms with Crippen LogP contribution in [0.1, 0.15) is 29.7 Å². The summed E-state index contributed by atoms with van der Waals surface area (Å²) in [5.74, 6) is -0.259. The summed E-state index contributed by atoms with van der Waals surface area (Å²) >= 11 is 1.44. The van der Waals surface area contributed by atoms with Crippen LogP contribution in [-0.4, -0.2) is 15.5 Å². The fraction of sp³-hybridized carbons (Fsp3) is 0.208. The van der Waals surface area contributed by atoms with Crippen molar-refractivity contribution in [1.82, 2.24) is 9.55 Å².